The number of ketones is 1. The van der Waals surface area contributed by atoms with E-state index in [0.29, 0.717) is 24.4 Å². The molecule has 24 heavy (non-hydrogen) atoms. The Morgan fingerprint density at radius 2 is 1.96 bits per heavy atom. The maximum absolute atomic E-state index is 13.0. The predicted molar refractivity (Wildman–Crippen MR) is 93.4 cm³/mol. The monoisotopic (exact) mass is 321 g/mol. The molecule has 0 aromatic heterocycles. The van der Waals surface area contributed by atoms with E-state index in [1.807, 2.05) is 42.2 Å². The molecule has 1 atom stereocenters. The minimum absolute atomic E-state index is 0.0883. The minimum Gasteiger partial charge on any atom is -0.384 e. The molecule has 1 heterocycles. The number of carbonyl (C=O) groups excluding carboxylic acids is 1. The zero-order valence-electron chi connectivity index (χ0n) is 14.5. The van der Waals surface area contributed by atoms with Crippen LogP contribution in [0.3, 0.4) is 0 Å². The van der Waals surface area contributed by atoms with Crippen LogP contribution in [0.5, 0.6) is 0 Å². The van der Waals surface area contributed by atoms with E-state index in [1.54, 1.807) is 0 Å². The molecule has 1 unspecified atom stereocenters. The van der Waals surface area contributed by atoms with Gasteiger partial charge in [0.05, 0.1) is 17.6 Å². The highest BCUT2D eigenvalue weighted by molar-refractivity contribution is 6.00. The molecule has 0 saturated heterocycles. The van der Waals surface area contributed by atoms with Crippen molar-refractivity contribution < 1.29 is 4.79 Å². The molecule has 0 spiro atoms. The molecule has 0 radical (unpaired) electrons. The number of nitriles is 1. The van der Waals surface area contributed by atoms with E-state index in [0.717, 1.165) is 23.3 Å². The lowest BCUT2D eigenvalue weighted by molar-refractivity contribution is -0.118. The molecule has 2 aliphatic rings. The second kappa shape index (κ2) is 5.83. The first kappa shape index (κ1) is 16.3. The number of rotatable bonds is 2. The van der Waals surface area contributed by atoms with Gasteiger partial charge in [-0.25, -0.2) is 0 Å². The van der Waals surface area contributed by atoms with Crippen molar-refractivity contribution in [3.63, 3.8) is 0 Å². The summed E-state index contributed by atoms with van der Waals surface area (Å²) in [5.41, 5.74) is 9.44. The van der Waals surface area contributed by atoms with Gasteiger partial charge in [0.25, 0.3) is 0 Å². The number of carbonyl (C=O) groups is 1. The Kier molecular flexibility index (Phi) is 3.96. The van der Waals surface area contributed by atoms with Gasteiger partial charge in [0, 0.05) is 24.2 Å². The van der Waals surface area contributed by atoms with E-state index < -0.39 is 0 Å². The van der Waals surface area contributed by atoms with Crippen molar-refractivity contribution in [2.24, 2.45) is 11.1 Å². The van der Waals surface area contributed by atoms with Gasteiger partial charge in [0.1, 0.15) is 5.82 Å². The molecule has 0 fully saturated rings. The summed E-state index contributed by atoms with van der Waals surface area (Å²) in [5.74, 6) is 0.268. The van der Waals surface area contributed by atoms with Crippen molar-refractivity contribution >= 4 is 5.78 Å². The van der Waals surface area contributed by atoms with E-state index in [1.165, 1.54) is 0 Å². The lowest BCUT2D eigenvalue weighted by Gasteiger charge is -2.43. The molecule has 4 heteroatoms. The van der Waals surface area contributed by atoms with E-state index in [2.05, 4.69) is 19.9 Å². The lowest BCUT2D eigenvalue weighted by atomic mass is 9.68. The van der Waals surface area contributed by atoms with Crippen LogP contribution >= 0.6 is 0 Å². The van der Waals surface area contributed by atoms with Crippen molar-refractivity contribution in [1.29, 1.82) is 5.26 Å². The van der Waals surface area contributed by atoms with E-state index >= 15 is 0 Å². The van der Waals surface area contributed by atoms with Crippen LogP contribution < -0.4 is 5.73 Å². The molecule has 2 N–H and O–H groups in total. The smallest absolute Gasteiger partial charge is 0.162 e. The summed E-state index contributed by atoms with van der Waals surface area (Å²) in [5, 5.41) is 9.74. The number of hydrogen-bond acceptors (Lipinski definition) is 4. The van der Waals surface area contributed by atoms with Crippen molar-refractivity contribution in [1.82, 2.24) is 4.90 Å². The Hall–Kier alpha value is -2.54. The Morgan fingerprint density at radius 1 is 1.29 bits per heavy atom. The van der Waals surface area contributed by atoms with Gasteiger partial charge in [-0.2, -0.15) is 5.26 Å². The number of benzene rings is 1. The molecule has 4 nitrogen and oxygen atoms in total. The van der Waals surface area contributed by atoms with Crippen molar-refractivity contribution in [2.75, 3.05) is 6.54 Å². The topological polar surface area (TPSA) is 70.1 Å². The Bertz CT molecular complexity index is 781. The maximum atomic E-state index is 13.0. The normalized spacial score (nSPS) is 23.2. The average Bonchev–Trinajstić information content (AvgIpc) is 2.53. The molecule has 1 aromatic carbocycles. The highest BCUT2D eigenvalue weighted by Crippen LogP contribution is 2.48. The number of nitrogens with zero attached hydrogens (tertiary/aromatic N) is 2. The molecular formula is C20H23N3O. The molecule has 3 rings (SSSR count). The van der Waals surface area contributed by atoms with Crippen molar-refractivity contribution in [2.45, 2.75) is 39.5 Å². The number of nitrogens with two attached hydrogens (primary N) is 1. The minimum atomic E-state index is -0.349. The molecule has 0 bridgehead atoms. The third-order valence-corrected chi connectivity index (χ3v) is 4.94. The zero-order valence-corrected chi connectivity index (χ0v) is 14.5. The first-order valence-electron chi connectivity index (χ1n) is 8.38. The highest BCUT2D eigenvalue weighted by Gasteiger charge is 2.43. The fourth-order valence-corrected chi connectivity index (χ4v) is 3.92. The van der Waals surface area contributed by atoms with Gasteiger partial charge in [-0.1, -0.05) is 44.2 Å². The van der Waals surface area contributed by atoms with Crippen LogP contribution in [0.2, 0.25) is 0 Å². The third-order valence-electron chi connectivity index (χ3n) is 4.94. The van der Waals surface area contributed by atoms with Gasteiger partial charge >= 0.3 is 0 Å². The third kappa shape index (κ3) is 2.50. The van der Waals surface area contributed by atoms with Crippen LogP contribution in [0.25, 0.3) is 0 Å². The Balaban J connectivity index is 2.26. The second-order valence-electron chi connectivity index (χ2n) is 7.30. The summed E-state index contributed by atoms with van der Waals surface area (Å²) in [6.07, 6.45) is 1.30. The highest BCUT2D eigenvalue weighted by atomic mass is 16.1. The number of Topliss-reactive ketones (excluding diaryl/α,β-unsaturated/α-hetero) is 1. The van der Waals surface area contributed by atoms with Gasteiger partial charge in [0.15, 0.2) is 5.78 Å². The van der Waals surface area contributed by atoms with Gasteiger partial charge in [-0.05, 0) is 24.3 Å². The van der Waals surface area contributed by atoms with Crippen LogP contribution in [0.1, 0.15) is 45.1 Å². The summed E-state index contributed by atoms with van der Waals surface area (Å²) >= 11 is 0. The summed E-state index contributed by atoms with van der Waals surface area (Å²) < 4.78 is 0. The maximum Gasteiger partial charge on any atom is 0.162 e. The van der Waals surface area contributed by atoms with Crippen molar-refractivity contribution in [3.05, 3.63) is 58.6 Å². The number of hydrogen-bond donors (Lipinski definition) is 1. The molecule has 1 aromatic rings. The summed E-state index contributed by atoms with van der Waals surface area (Å²) in [4.78, 5) is 15.0. The average molecular weight is 321 g/mol. The molecular weight excluding hydrogens is 298 g/mol. The first-order chi connectivity index (χ1) is 11.4. The Labute approximate surface area is 143 Å². The fraction of sp³-hybridized carbons (Fsp3) is 0.400. The first-order valence-corrected chi connectivity index (χ1v) is 8.38. The molecule has 124 valence electrons. The van der Waals surface area contributed by atoms with Gasteiger partial charge in [-0.15, -0.1) is 0 Å². The standard InChI is InChI=1S/C20H23N3O/c1-4-23-15-10-20(2,3)11-16(24)18(15)17(14(12-21)19(23)22)13-8-6-5-7-9-13/h5-9,17H,4,10-11,22H2,1-3H3. The summed E-state index contributed by atoms with van der Waals surface area (Å²) in [6.45, 7) is 6.88. The van der Waals surface area contributed by atoms with Gasteiger partial charge in [-0.3, -0.25) is 4.79 Å². The predicted octanol–water partition coefficient (Wildman–Crippen LogP) is 3.44. The molecule has 1 aliphatic heterocycles. The van der Waals surface area contributed by atoms with Crippen LogP contribution in [0.4, 0.5) is 0 Å². The largest absolute Gasteiger partial charge is 0.384 e. The SMILES string of the molecule is CCN1C(N)=C(C#N)C(c2ccccc2)C2=C1CC(C)(C)CC2=O. The number of allylic oxidation sites excluding steroid dienone is 3. The van der Waals surface area contributed by atoms with E-state index in [9.17, 15) is 10.1 Å². The van der Waals surface area contributed by atoms with Gasteiger partial charge < -0.3 is 10.6 Å². The van der Waals surface area contributed by atoms with Gasteiger partial charge in [0.2, 0.25) is 0 Å². The Morgan fingerprint density at radius 3 is 2.54 bits per heavy atom. The molecule has 0 amide bonds. The zero-order chi connectivity index (χ0) is 17.5. The second-order valence-corrected chi connectivity index (χ2v) is 7.30. The molecule has 1 aliphatic carbocycles. The van der Waals surface area contributed by atoms with Crippen molar-refractivity contribution in [3.8, 4) is 6.07 Å². The lowest BCUT2D eigenvalue weighted by Crippen LogP contribution is -2.41. The summed E-state index contributed by atoms with van der Waals surface area (Å²) in [6, 6.07) is 12.0. The van der Waals surface area contributed by atoms with E-state index in [4.69, 9.17) is 5.73 Å². The van der Waals surface area contributed by atoms with Crippen LogP contribution in [0.15, 0.2) is 53.0 Å². The fourth-order valence-electron chi connectivity index (χ4n) is 3.92. The van der Waals surface area contributed by atoms with E-state index in [-0.39, 0.29) is 17.1 Å². The van der Waals surface area contributed by atoms with Crippen LogP contribution in [-0.4, -0.2) is 17.2 Å². The quantitative estimate of drug-likeness (QED) is 0.906. The summed E-state index contributed by atoms with van der Waals surface area (Å²) in [7, 11) is 0. The van der Waals surface area contributed by atoms with Crippen LogP contribution in [0, 0.1) is 16.7 Å². The molecule has 0 saturated carbocycles. The van der Waals surface area contributed by atoms with Crippen LogP contribution in [-0.2, 0) is 4.79 Å².